The lowest BCUT2D eigenvalue weighted by Gasteiger charge is -2.06. The maximum atomic E-state index is 12.6. The van der Waals surface area contributed by atoms with E-state index in [0.29, 0.717) is 0 Å². The normalized spacial score (nSPS) is 12.5. The van der Waals surface area contributed by atoms with Gasteiger partial charge in [-0.1, -0.05) is 17.3 Å². The van der Waals surface area contributed by atoms with E-state index in [0.717, 1.165) is 12.1 Å². The third-order valence-corrected chi connectivity index (χ3v) is 4.15. The van der Waals surface area contributed by atoms with Crippen LogP contribution in [0.4, 0.5) is 13.2 Å². The molecule has 0 atom stereocenters. The average molecular weight is 336 g/mol. The summed E-state index contributed by atoms with van der Waals surface area (Å²) in [6, 6.07) is 4.29. The van der Waals surface area contributed by atoms with Gasteiger partial charge in [0.15, 0.2) is 9.84 Å². The second-order valence-electron chi connectivity index (χ2n) is 4.41. The number of hydrogen-bond donors (Lipinski definition) is 1. The summed E-state index contributed by atoms with van der Waals surface area (Å²) in [5, 5.41) is 12.1. The van der Waals surface area contributed by atoms with Crippen LogP contribution in [0.2, 0.25) is 0 Å². The monoisotopic (exact) mass is 336 g/mol. The summed E-state index contributed by atoms with van der Waals surface area (Å²) in [5.74, 6) is -1.44. The van der Waals surface area contributed by atoms with Gasteiger partial charge in [-0.05, 0) is 12.1 Å². The first-order valence-electron chi connectivity index (χ1n) is 6.03. The molecular formula is C12H11F3N2O4S. The Bertz CT molecular complexity index is 756. The number of benzene rings is 1. The van der Waals surface area contributed by atoms with Crippen molar-refractivity contribution in [3.05, 3.63) is 35.7 Å². The molecule has 22 heavy (non-hydrogen) atoms. The Morgan fingerprint density at radius 3 is 2.64 bits per heavy atom. The smallest absolute Gasteiger partial charge is 0.395 e. The van der Waals surface area contributed by atoms with Crippen molar-refractivity contribution in [3.63, 3.8) is 0 Å². The summed E-state index contributed by atoms with van der Waals surface area (Å²) in [4.78, 5) is 3.77. The fraction of sp³-hybridized carbons (Fsp3) is 0.333. The third-order valence-electron chi connectivity index (χ3n) is 2.66. The zero-order valence-corrected chi connectivity index (χ0v) is 11.9. The molecule has 0 radical (unpaired) electrons. The zero-order valence-electron chi connectivity index (χ0n) is 11.0. The lowest BCUT2D eigenvalue weighted by molar-refractivity contribution is -0.137. The van der Waals surface area contributed by atoms with E-state index in [2.05, 4.69) is 10.1 Å². The van der Waals surface area contributed by atoms with Crippen LogP contribution in [0.5, 0.6) is 0 Å². The highest BCUT2D eigenvalue weighted by molar-refractivity contribution is 7.90. The number of rotatable bonds is 5. The second kappa shape index (κ2) is 6.05. The van der Waals surface area contributed by atoms with Crippen molar-refractivity contribution in [3.8, 4) is 11.4 Å². The molecule has 0 fully saturated rings. The Hall–Kier alpha value is -1.94. The van der Waals surface area contributed by atoms with E-state index in [9.17, 15) is 21.6 Å². The summed E-state index contributed by atoms with van der Waals surface area (Å²) in [6.45, 7) is -0.545. The van der Waals surface area contributed by atoms with E-state index in [4.69, 9.17) is 9.63 Å². The van der Waals surface area contributed by atoms with E-state index < -0.39 is 39.7 Å². The fourth-order valence-corrected chi connectivity index (χ4v) is 2.58. The lowest BCUT2D eigenvalue weighted by Crippen LogP contribution is -2.12. The predicted molar refractivity (Wildman–Crippen MR) is 69.3 cm³/mol. The van der Waals surface area contributed by atoms with Crippen LogP contribution in [0, 0.1) is 0 Å². The Kier molecular flexibility index (Phi) is 4.52. The van der Waals surface area contributed by atoms with Gasteiger partial charge in [0.05, 0.1) is 17.9 Å². The fourth-order valence-electron chi connectivity index (χ4n) is 1.66. The van der Waals surface area contributed by atoms with Crippen LogP contribution in [0.25, 0.3) is 11.4 Å². The highest BCUT2D eigenvalue weighted by Gasteiger charge is 2.30. The van der Waals surface area contributed by atoms with Crippen LogP contribution in [0.1, 0.15) is 11.5 Å². The number of aliphatic hydroxyl groups excluding tert-OH is 1. The molecular weight excluding hydrogens is 325 g/mol. The van der Waals surface area contributed by atoms with Crippen LogP contribution in [0.3, 0.4) is 0 Å². The standard InChI is InChI=1S/C12H11F3N2O4S/c13-12(14,15)9-3-1-2-8(6-9)11-16-10(21-17-11)7-22(19,20)5-4-18/h1-3,6,18H,4-5,7H2. The molecule has 0 spiro atoms. The molecule has 6 nitrogen and oxygen atoms in total. The minimum Gasteiger partial charge on any atom is -0.395 e. The van der Waals surface area contributed by atoms with Gasteiger partial charge in [-0.15, -0.1) is 0 Å². The second-order valence-corrected chi connectivity index (χ2v) is 6.59. The number of sulfone groups is 1. The summed E-state index contributed by atoms with van der Waals surface area (Å²) >= 11 is 0. The molecule has 10 heteroatoms. The number of alkyl halides is 3. The summed E-state index contributed by atoms with van der Waals surface area (Å²) < 4.78 is 65.6. The van der Waals surface area contributed by atoms with Crippen molar-refractivity contribution in [1.82, 2.24) is 10.1 Å². The highest BCUT2D eigenvalue weighted by atomic mass is 32.2. The van der Waals surface area contributed by atoms with Gasteiger partial charge in [0.1, 0.15) is 5.75 Å². The van der Waals surface area contributed by atoms with Crippen LogP contribution in [-0.4, -0.2) is 36.0 Å². The predicted octanol–water partition coefficient (Wildman–Crippen LogP) is 1.66. The number of halogens is 3. The van der Waals surface area contributed by atoms with Crippen LogP contribution in [-0.2, 0) is 21.8 Å². The molecule has 1 aromatic carbocycles. The lowest BCUT2D eigenvalue weighted by atomic mass is 10.1. The molecule has 1 N–H and O–H groups in total. The molecule has 2 rings (SSSR count). The van der Waals surface area contributed by atoms with Crippen molar-refractivity contribution < 1.29 is 31.2 Å². The molecule has 0 aliphatic rings. The van der Waals surface area contributed by atoms with Crippen molar-refractivity contribution >= 4 is 9.84 Å². The molecule has 0 bridgehead atoms. The van der Waals surface area contributed by atoms with Gasteiger partial charge >= 0.3 is 6.18 Å². The van der Waals surface area contributed by atoms with Crippen molar-refractivity contribution in [2.75, 3.05) is 12.4 Å². The SMILES string of the molecule is O=S(=O)(CCO)Cc1nc(-c2cccc(C(F)(F)F)c2)no1. The minimum atomic E-state index is -4.51. The summed E-state index contributed by atoms with van der Waals surface area (Å²) in [6.07, 6.45) is -4.51. The van der Waals surface area contributed by atoms with Gasteiger partial charge < -0.3 is 9.63 Å². The molecule has 0 unspecified atom stereocenters. The number of aliphatic hydroxyl groups is 1. The highest BCUT2D eigenvalue weighted by Crippen LogP contribution is 2.31. The first kappa shape index (κ1) is 16.4. The molecule has 120 valence electrons. The Morgan fingerprint density at radius 2 is 2.00 bits per heavy atom. The van der Waals surface area contributed by atoms with Gasteiger partial charge in [0.25, 0.3) is 0 Å². The van der Waals surface area contributed by atoms with E-state index >= 15 is 0 Å². The number of hydrogen-bond acceptors (Lipinski definition) is 6. The third kappa shape index (κ3) is 4.04. The maximum Gasteiger partial charge on any atom is 0.416 e. The topological polar surface area (TPSA) is 93.3 Å². The Balaban J connectivity index is 2.25. The molecule has 0 aliphatic carbocycles. The molecule has 0 saturated carbocycles. The van der Waals surface area contributed by atoms with E-state index in [1.165, 1.54) is 12.1 Å². The zero-order chi connectivity index (χ0) is 16.4. The molecule has 2 aromatic rings. The van der Waals surface area contributed by atoms with E-state index in [1.54, 1.807) is 0 Å². The summed E-state index contributed by atoms with van der Waals surface area (Å²) in [5.41, 5.74) is -0.811. The molecule has 1 heterocycles. The van der Waals surface area contributed by atoms with Gasteiger partial charge in [0.2, 0.25) is 11.7 Å². The van der Waals surface area contributed by atoms with Gasteiger partial charge in [-0.3, -0.25) is 0 Å². The maximum absolute atomic E-state index is 12.6. The molecule has 0 amide bonds. The molecule has 0 saturated heterocycles. The first-order chi connectivity index (χ1) is 10.2. The van der Waals surface area contributed by atoms with Crippen LogP contribution in [0.15, 0.2) is 28.8 Å². The Labute approximate surface area is 123 Å². The van der Waals surface area contributed by atoms with Crippen LogP contribution < -0.4 is 0 Å². The van der Waals surface area contributed by atoms with Gasteiger partial charge in [-0.2, -0.15) is 18.2 Å². The first-order valence-corrected chi connectivity index (χ1v) is 7.85. The van der Waals surface area contributed by atoms with E-state index in [-0.39, 0.29) is 17.3 Å². The van der Waals surface area contributed by atoms with Crippen molar-refractivity contribution in [2.24, 2.45) is 0 Å². The summed E-state index contributed by atoms with van der Waals surface area (Å²) in [7, 11) is -3.61. The molecule has 1 aromatic heterocycles. The Morgan fingerprint density at radius 1 is 1.27 bits per heavy atom. The number of aromatic nitrogens is 2. The van der Waals surface area contributed by atoms with E-state index in [1.807, 2.05) is 0 Å². The molecule has 0 aliphatic heterocycles. The number of nitrogens with zero attached hydrogens (tertiary/aromatic N) is 2. The minimum absolute atomic E-state index is 0.0596. The van der Waals surface area contributed by atoms with Crippen molar-refractivity contribution in [1.29, 1.82) is 0 Å². The largest absolute Gasteiger partial charge is 0.416 e. The van der Waals surface area contributed by atoms with Crippen LogP contribution >= 0.6 is 0 Å². The van der Waals surface area contributed by atoms with Gasteiger partial charge in [0, 0.05) is 5.56 Å². The van der Waals surface area contributed by atoms with Crippen molar-refractivity contribution in [2.45, 2.75) is 11.9 Å². The average Bonchev–Trinajstić information content (AvgIpc) is 2.85. The van der Waals surface area contributed by atoms with Gasteiger partial charge in [-0.25, -0.2) is 8.42 Å². The quantitative estimate of drug-likeness (QED) is 0.892.